The summed E-state index contributed by atoms with van der Waals surface area (Å²) in [6.07, 6.45) is 1.50. The van der Waals surface area contributed by atoms with Crippen LogP contribution in [0.15, 0.2) is 0 Å². The molecule has 0 aliphatic carbocycles. The fourth-order valence-corrected chi connectivity index (χ4v) is 0. The zero-order valence-electron chi connectivity index (χ0n) is 18.0. The lowest BCUT2D eigenvalue weighted by molar-refractivity contribution is -0.138. The van der Waals surface area contributed by atoms with Crippen molar-refractivity contribution in [1.29, 1.82) is 0 Å². The van der Waals surface area contributed by atoms with Crippen LogP contribution in [-0.2, 0) is 28.7 Å². The van der Waals surface area contributed by atoms with Crippen molar-refractivity contribution in [3.8, 4) is 0 Å². The van der Waals surface area contributed by atoms with Crippen LogP contribution in [0.1, 0.15) is 41.5 Å². The highest BCUT2D eigenvalue weighted by molar-refractivity contribution is 5.72. The molecule has 0 saturated heterocycles. The summed E-state index contributed by atoms with van der Waals surface area (Å²) in [4.78, 5) is 50.2. The predicted octanol–water partition coefficient (Wildman–Crippen LogP) is 1.46. The Morgan fingerprint density at radius 1 is 0.760 bits per heavy atom. The second-order valence-electron chi connectivity index (χ2n) is 4.83. The van der Waals surface area contributed by atoms with Crippen molar-refractivity contribution in [3.05, 3.63) is 0 Å². The second-order valence-corrected chi connectivity index (χ2v) is 4.83. The molecule has 25 heavy (non-hydrogen) atoms. The highest BCUT2D eigenvalue weighted by Gasteiger charge is 1.87. The van der Waals surface area contributed by atoms with Gasteiger partial charge in [-0.2, -0.15) is 0 Å². The van der Waals surface area contributed by atoms with Crippen LogP contribution in [0.2, 0.25) is 0 Å². The topological polar surface area (TPSA) is 101 Å². The van der Waals surface area contributed by atoms with Gasteiger partial charge < -0.3 is 28.9 Å². The van der Waals surface area contributed by atoms with Gasteiger partial charge in [-0.15, -0.1) is 0 Å². The van der Waals surface area contributed by atoms with Crippen molar-refractivity contribution < 1.29 is 28.7 Å². The number of amides is 1. The number of aldehydes is 2. The molecule has 0 rings (SSSR count). The van der Waals surface area contributed by atoms with Gasteiger partial charge in [0.05, 0.1) is 7.11 Å². The van der Waals surface area contributed by atoms with Crippen LogP contribution in [0.4, 0.5) is 0 Å². The van der Waals surface area contributed by atoms with E-state index in [2.05, 4.69) is 4.74 Å². The predicted molar refractivity (Wildman–Crippen MR) is 102 cm³/mol. The Morgan fingerprint density at radius 3 is 0.840 bits per heavy atom. The van der Waals surface area contributed by atoms with E-state index in [0.29, 0.717) is 0 Å². The smallest absolute Gasteiger partial charge is 0.302 e. The lowest BCUT2D eigenvalue weighted by atomic mass is 10.6. The summed E-state index contributed by atoms with van der Waals surface area (Å²) in [6, 6.07) is 0. The van der Waals surface area contributed by atoms with Gasteiger partial charge in [0.2, 0.25) is 5.91 Å². The molecule has 0 unspecified atom stereocenters. The molecule has 0 aliphatic rings. The quantitative estimate of drug-likeness (QED) is 0.472. The number of Topliss-reactive ketones (excluding diaryl/α,β-unsaturated/α-hetero) is 1. The Balaban J connectivity index is -0.0000000442. The number of ether oxygens (including phenoxy) is 1. The fraction of sp³-hybridized carbons (Fsp3) is 0.706. The first-order chi connectivity index (χ1) is 11.2. The van der Waals surface area contributed by atoms with E-state index in [9.17, 15) is 14.4 Å². The van der Waals surface area contributed by atoms with Crippen LogP contribution in [0.5, 0.6) is 0 Å². The molecule has 0 radical (unpaired) electrons. The van der Waals surface area contributed by atoms with Gasteiger partial charge in [0.25, 0.3) is 0 Å². The number of carbonyl (C=O) groups excluding carboxylic acids is 5. The molecule has 0 fully saturated rings. The van der Waals surface area contributed by atoms with Crippen molar-refractivity contribution >= 4 is 30.2 Å². The van der Waals surface area contributed by atoms with Crippen molar-refractivity contribution in [2.24, 2.45) is 0 Å². The summed E-state index contributed by atoms with van der Waals surface area (Å²) in [5.74, 6) is 0.0139. The van der Waals surface area contributed by atoms with Gasteiger partial charge in [-0.05, 0) is 48.8 Å². The van der Waals surface area contributed by atoms with E-state index in [-0.39, 0.29) is 17.7 Å². The monoisotopic (exact) mass is 366 g/mol. The summed E-state index contributed by atoms with van der Waals surface area (Å²) in [5, 5.41) is 0. The molecular formula is C17H38N2O6. The molecule has 8 nitrogen and oxygen atoms in total. The van der Waals surface area contributed by atoms with E-state index in [0.717, 1.165) is 12.6 Å². The van der Waals surface area contributed by atoms with Gasteiger partial charge in [-0.3, -0.25) is 9.59 Å². The molecule has 1 amide bonds. The van der Waals surface area contributed by atoms with Crippen LogP contribution in [-0.4, -0.2) is 82.4 Å². The number of methoxy groups -OCH3 is 1. The maximum Gasteiger partial charge on any atom is 0.302 e. The van der Waals surface area contributed by atoms with Crippen molar-refractivity contribution in [3.63, 3.8) is 0 Å². The molecule has 0 saturated carbocycles. The Bertz CT molecular complexity index is 304. The van der Waals surface area contributed by atoms with Crippen LogP contribution in [0.25, 0.3) is 0 Å². The summed E-state index contributed by atoms with van der Waals surface area (Å²) in [6.45, 7) is 8.83. The number of rotatable bonds is 0. The summed E-state index contributed by atoms with van der Waals surface area (Å²) >= 11 is 0. The standard InChI is InChI=1S/C4H9NO.C3H9N.C3H6O2.C3H6O.2C2H4O/c1-4(6)5(2)3;1-4(2)3;1-3(4)5-2;1-3(2)4;2*1-2-3/h1-3H3;1-3H3;1-2H3;1-2H3;2*2H,1H3. The van der Waals surface area contributed by atoms with Gasteiger partial charge >= 0.3 is 5.97 Å². The molecule has 0 bridgehead atoms. The first kappa shape index (κ1) is 38.5. The molecule has 8 heteroatoms. The van der Waals surface area contributed by atoms with E-state index in [1.165, 1.54) is 53.6 Å². The lowest BCUT2D eigenvalue weighted by Gasteiger charge is -2.02. The number of nitrogens with zero attached hydrogens (tertiary/aromatic N) is 2. The van der Waals surface area contributed by atoms with E-state index in [1.807, 2.05) is 26.0 Å². The zero-order chi connectivity index (χ0) is 22.0. The van der Waals surface area contributed by atoms with Gasteiger partial charge in [0.1, 0.15) is 18.4 Å². The molecule has 152 valence electrons. The Kier molecular flexibility index (Phi) is 58.2. The number of hydrogen-bond donors (Lipinski definition) is 0. The average molecular weight is 366 g/mol. The third-order valence-electron chi connectivity index (χ3n) is 0.917. The Morgan fingerprint density at radius 2 is 0.840 bits per heavy atom. The van der Waals surface area contributed by atoms with E-state index in [1.54, 1.807) is 14.1 Å². The fourth-order valence-electron chi connectivity index (χ4n) is 0. The summed E-state index contributed by atoms with van der Waals surface area (Å²) in [7, 11) is 10.8. The average Bonchev–Trinajstić information content (AvgIpc) is 2.39. The van der Waals surface area contributed by atoms with Crippen LogP contribution >= 0.6 is 0 Å². The van der Waals surface area contributed by atoms with Gasteiger partial charge in [0, 0.05) is 27.9 Å². The van der Waals surface area contributed by atoms with Crippen LogP contribution in [0.3, 0.4) is 0 Å². The largest absolute Gasteiger partial charge is 0.469 e. The normalized spacial score (nSPS) is 6.76. The maximum absolute atomic E-state index is 10.1. The van der Waals surface area contributed by atoms with Crippen molar-refractivity contribution in [2.75, 3.05) is 42.3 Å². The van der Waals surface area contributed by atoms with E-state index in [4.69, 9.17) is 9.59 Å². The number of esters is 1. The molecule has 0 atom stereocenters. The van der Waals surface area contributed by atoms with Crippen molar-refractivity contribution in [2.45, 2.75) is 41.5 Å². The van der Waals surface area contributed by atoms with E-state index < -0.39 is 0 Å². The maximum atomic E-state index is 10.1. The number of hydrogen-bond acceptors (Lipinski definition) is 7. The SMILES string of the molecule is CC(=O)N(C)C.CC(C)=O.CC=O.CC=O.CN(C)C.COC(C)=O. The van der Waals surface area contributed by atoms with Crippen LogP contribution in [0, 0.1) is 0 Å². The highest BCUT2D eigenvalue weighted by atomic mass is 16.5. The summed E-state index contributed by atoms with van der Waals surface area (Å²) < 4.78 is 4.11. The minimum Gasteiger partial charge on any atom is -0.469 e. The molecule has 0 aromatic rings. The highest BCUT2D eigenvalue weighted by Crippen LogP contribution is 1.69. The van der Waals surface area contributed by atoms with Gasteiger partial charge in [0.15, 0.2) is 0 Å². The van der Waals surface area contributed by atoms with Gasteiger partial charge in [-0.25, -0.2) is 0 Å². The Labute approximate surface area is 153 Å². The molecule has 0 aromatic carbocycles. The molecular weight excluding hydrogens is 328 g/mol. The van der Waals surface area contributed by atoms with Gasteiger partial charge in [-0.1, -0.05) is 0 Å². The van der Waals surface area contributed by atoms with Crippen molar-refractivity contribution in [1.82, 2.24) is 9.80 Å². The second kappa shape index (κ2) is 37.8. The minimum atomic E-state index is -0.245. The molecule has 0 N–H and O–H groups in total. The van der Waals surface area contributed by atoms with Crippen LogP contribution < -0.4 is 0 Å². The first-order valence-electron chi connectivity index (χ1n) is 7.31. The zero-order valence-corrected chi connectivity index (χ0v) is 18.0. The molecule has 0 aliphatic heterocycles. The minimum absolute atomic E-state index is 0.0926. The number of ketones is 1. The third kappa shape index (κ3) is 568. The number of carbonyl (C=O) groups is 5. The first-order valence-corrected chi connectivity index (χ1v) is 7.31. The third-order valence-corrected chi connectivity index (χ3v) is 0.917. The molecule has 0 aromatic heterocycles. The Hall–Kier alpha value is -2.09. The lowest BCUT2D eigenvalue weighted by Crippen LogP contribution is -2.17. The van der Waals surface area contributed by atoms with E-state index >= 15 is 0 Å². The molecule has 0 spiro atoms. The summed E-state index contributed by atoms with van der Waals surface area (Å²) in [5.41, 5.74) is 0. The molecule has 0 heterocycles.